The van der Waals surface area contributed by atoms with Crippen molar-refractivity contribution in [3.05, 3.63) is 71.8 Å². The van der Waals surface area contributed by atoms with Crippen molar-refractivity contribution in [2.24, 2.45) is 11.8 Å². The van der Waals surface area contributed by atoms with Gasteiger partial charge in [0.1, 0.15) is 12.6 Å². The minimum absolute atomic E-state index is 0.0266. The molecule has 2 saturated heterocycles. The van der Waals surface area contributed by atoms with Crippen molar-refractivity contribution >= 4 is 18.0 Å². The summed E-state index contributed by atoms with van der Waals surface area (Å²) >= 11 is 0. The van der Waals surface area contributed by atoms with E-state index in [1.165, 1.54) is 18.2 Å². The number of amides is 1. The number of halogens is 3. The first-order valence-corrected chi connectivity index (χ1v) is 12.4. The highest BCUT2D eigenvalue weighted by Crippen LogP contribution is 2.44. The van der Waals surface area contributed by atoms with E-state index in [0.717, 1.165) is 34.8 Å². The second kappa shape index (κ2) is 11.6. The third-order valence-electron chi connectivity index (χ3n) is 7.26. The summed E-state index contributed by atoms with van der Waals surface area (Å²) in [5.74, 6) is -3.11. The van der Waals surface area contributed by atoms with Crippen molar-refractivity contribution in [2.45, 2.75) is 37.3 Å². The van der Waals surface area contributed by atoms with Crippen LogP contribution in [0.4, 0.5) is 18.0 Å². The molecule has 39 heavy (non-hydrogen) atoms. The molecule has 0 aromatic heterocycles. The van der Waals surface area contributed by atoms with Crippen LogP contribution < -0.4 is 0 Å². The average molecular weight is 551 g/mol. The molecule has 2 heterocycles. The summed E-state index contributed by atoms with van der Waals surface area (Å²) in [6.07, 6.45) is -5.36. The second-order valence-electron chi connectivity index (χ2n) is 9.56. The third kappa shape index (κ3) is 5.71. The van der Waals surface area contributed by atoms with E-state index in [1.54, 1.807) is 24.3 Å². The number of carboxylic acid groups (broad SMARTS) is 1. The molecule has 0 aliphatic carbocycles. The normalized spacial score (nSPS) is 21.9. The molecule has 0 spiro atoms. The number of carbonyl (C=O) groups is 3. The number of likely N-dealkylation sites (tertiary alicyclic amines) is 1. The van der Waals surface area contributed by atoms with Crippen LogP contribution in [0.15, 0.2) is 60.7 Å². The van der Waals surface area contributed by atoms with Gasteiger partial charge in [-0.15, -0.1) is 5.06 Å². The van der Waals surface area contributed by atoms with E-state index in [-0.39, 0.29) is 32.2 Å². The van der Waals surface area contributed by atoms with E-state index < -0.39 is 47.3 Å². The van der Waals surface area contributed by atoms with E-state index in [9.17, 15) is 32.7 Å². The number of hydrogen-bond acceptors (Lipinski definition) is 7. The molecule has 1 amide bonds. The zero-order valence-corrected chi connectivity index (χ0v) is 21.2. The molecule has 3 atom stereocenters. The number of rotatable bonds is 8. The summed E-state index contributed by atoms with van der Waals surface area (Å²) in [4.78, 5) is 44.1. The summed E-state index contributed by atoms with van der Waals surface area (Å²) in [5, 5.41) is 10.8. The summed E-state index contributed by atoms with van der Waals surface area (Å²) in [5.41, 5.74) is -3.01. The second-order valence-corrected chi connectivity index (χ2v) is 9.56. The van der Waals surface area contributed by atoms with E-state index in [1.807, 2.05) is 6.07 Å². The largest absolute Gasteiger partial charge is 0.465 e. The maximum atomic E-state index is 14.1. The lowest BCUT2D eigenvalue weighted by Crippen LogP contribution is -2.61. The standard InChI is InChI=1S/C27H29F3N2O7/c1-37-26(27(28,29)30,20-11-6-3-7-12-20)24(34)39-31-15-19(16-31)21-13-8-14-32(25(35)36)22(21)23(33)38-17-18-9-4-2-5-10-18/h2-7,9-12,19,21-22H,8,13-17H2,1H3,(H,35,36)/t21?,22?,26-/m1/s1. The number of piperidine rings is 1. The molecule has 9 nitrogen and oxygen atoms in total. The van der Waals surface area contributed by atoms with E-state index in [4.69, 9.17) is 14.3 Å². The zero-order valence-electron chi connectivity index (χ0n) is 21.2. The van der Waals surface area contributed by atoms with Crippen molar-refractivity contribution in [3.63, 3.8) is 0 Å². The van der Waals surface area contributed by atoms with Crippen LogP contribution in [0, 0.1) is 11.8 Å². The molecule has 2 aromatic carbocycles. The minimum atomic E-state index is -5.11. The van der Waals surface area contributed by atoms with E-state index in [2.05, 4.69) is 0 Å². The lowest BCUT2D eigenvalue weighted by molar-refractivity contribution is -0.300. The fraction of sp³-hybridized carbons (Fsp3) is 0.444. The molecule has 2 aromatic rings. The van der Waals surface area contributed by atoms with Gasteiger partial charge in [0.05, 0.1) is 0 Å². The number of carbonyl (C=O) groups excluding carboxylic acids is 2. The minimum Gasteiger partial charge on any atom is -0.465 e. The highest BCUT2D eigenvalue weighted by Gasteiger charge is 2.65. The Morgan fingerprint density at radius 2 is 1.62 bits per heavy atom. The van der Waals surface area contributed by atoms with Crippen LogP contribution in [-0.4, -0.2) is 72.1 Å². The summed E-state index contributed by atoms with van der Waals surface area (Å²) in [6.45, 7) is 0.180. The molecule has 4 rings (SSSR count). The first kappa shape index (κ1) is 28.4. The van der Waals surface area contributed by atoms with Gasteiger partial charge in [-0.1, -0.05) is 60.7 Å². The Balaban J connectivity index is 1.45. The van der Waals surface area contributed by atoms with Crippen molar-refractivity contribution in [1.29, 1.82) is 0 Å². The maximum absolute atomic E-state index is 14.1. The van der Waals surface area contributed by atoms with Gasteiger partial charge >= 0.3 is 24.2 Å². The Hall–Kier alpha value is -3.64. The first-order chi connectivity index (χ1) is 18.6. The van der Waals surface area contributed by atoms with Crippen molar-refractivity contribution in [1.82, 2.24) is 9.96 Å². The lowest BCUT2D eigenvalue weighted by Gasteiger charge is -2.48. The van der Waals surface area contributed by atoms with Gasteiger partial charge in [0.2, 0.25) is 0 Å². The van der Waals surface area contributed by atoms with Crippen LogP contribution >= 0.6 is 0 Å². The molecular formula is C27H29F3N2O7. The summed E-state index contributed by atoms with van der Waals surface area (Å²) in [7, 11) is 0.787. The molecule has 1 N–H and O–H groups in total. The van der Waals surface area contributed by atoms with Crippen LogP contribution in [0.5, 0.6) is 0 Å². The molecular weight excluding hydrogens is 521 g/mol. The molecule has 12 heteroatoms. The smallest absolute Gasteiger partial charge is 0.432 e. The van der Waals surface area contributed by atoms with Crippen LogP contribution in [0.25, 0.3) is 0 Å². The number of hydrogen-bond donors (Lipinski definition) is 1. The highest BCUT2D eigenvalue weighted by atomic mass is 19.4. The third-order valence-corrected chi connectivity index (χ3v) is 7.26. The number of ether oxygens (including phenoxy) is 2. The van der Waals surface area contributed by atoms with Gasteiger partial charge < -0.3 is 19.4 Å². The maximum Gasteiger partial charge on any atom is 0.432 e. The van der Waals surface area contributed by atoms with Crippen LogP contribution in [0.1, 0.15) is 24.0 Å². The number of esters is 1. The Morgan fingerprint density at radius 3 is 2.18 bits per heavy atom. The van der Waals surface area contributed by atoms with Gasteiger partial charge in [0.15, 0.2) is 0 Å². The average Bonchev–Trinajstić information content (AvgIpc) is 2.89. The van der Waals surface area contributed by atoms with Gasteiger partial charge in [0, 0.05) is 32.3 Å². The first-order valence-electron chi connectivity index (χ1n) is 12.4. The van der Waals surface area contributed by atoms with Crippen LogP contribution in [0.3, 0.4) is 0 Å². The van der Waals surface area contributed by atoms with Gasteiger partial charge in [-0.05, 0) is 30.2 Å². The fourth-order valence-electron chi connectivity index (χ4n) is 5.23. The van der Waals surface area contributed by atoms with Crippen molar-refractivity contribution in [2.75, 3.05) is 26.7 Å². The monoisotopic (exact) mass is 550 g/mol. The predicted molar refractivity (Wildman–Crippen MR) is 130 cm³/mol. The molecule has 2 unspecified atom stereocenters. The van der Waals surface area contributed by atoms with Gasteiger partial charge in [-0.2, -0.15) is 13.2 Å². The molecule has 2 aliphatic heterocycles. The molecule has 2 fully saturated rings. The molecule has 2 aliphatic rings. The number of methoxy groups -OCH3 is 1. The summed E-state index contributed by atoms with van der Waals surface area (Å²) < 4.78 is 52.7. The van der Waals surface area contributed by atoms with Crippen LogP contribution in [-0.2, 0) is 36.1 Å². The topological polar surface area (TPSA) is 106 Å². The molecule has 0 saturated carbocycles. The molecule has 0 radical (unpaired) electrons. The molecule has 210 valence electrons. The molecule has 0 bridgehead atoms. The quantitative estimate of drug-likeness (QED) is 0.492. The number of alkyl halides is 3. The Morgan fingerprint density at radius 1 is 1.00 bits per heavy atom. The van der Waals surface area contributed by atoms with Crippen molar-refractivity contribution < 1.29 is 47.0 Å². The Bertz CT molecular complexity index is 1160. The van der Waals surface area contributed by atoms with Crippen molar-refractivity contribution in [3.8, 4) is 0 Å². The van der Waals surface area contributed by atoms with Gasteiger partial charge in [-0.25, -0.2) is 14.4 Å². The zero-order chi connectivity index (χ0) is 28.2. The Labute approximate surface area is 223 Å². The Kier molecular flexibility index (Phi) is 8.45. The van der Waals surface area contributed by atoms with E-state index >= 15 is 0 Å². The predicted octanol–water partition coefficient (Wildman–Crippen LogP) is 3.98. The number of nitrogens with zero attached hydrogens (tertiary/aromatic N) is 2. The van der Waals surface area contributed by atoms with E-state index in [0.29, 0.717) is 12.8 Å². The number of hydroxylamine groups is 2. The van der Waals surface area contributed by atoms with Gasteiger partial charge in [-0.3, -0.25) is 4.90 Å². The highest BCUT2D eigenvalue weighted by molar-refractivity contribution is 5.83. The lowest BCUT2D eigenvalue weighted by atomic mass is 9.76. The van der Waals surface area contributed by atoms with Gasteiger partial charge in [0.25, 0.3) is 5.60 Å². The summed E-state index contributed by atoms with van der Waals surface area (Å²) in [6, 6.07) is 14.3. The fourth-order valence-corrected chi connectivity index (χ4v) is 5.23. The number of benzene rings is 2. The van der Waals surface area contributed by atoms with Crippen LogP contribution in [0.2, 0.25) is 0 Å². The SMILES string of the molecule is CO[C@@](C(=O)ON1CC(C2CCCN(C(=O)O)C2C(=O)OCc2ccccc2)C1)(c1ccccc1)C(F)(F)F.